The van der Waals surface area contributed by atoms with Crippen molar-refractivity contribution in [3.05, 3.63) is 83.6 Å². The van der Waals surface area contributed by atoms with Gasteiger partial charge in [-0.05, 0) is 61.9 Å². The third-order valence-corrected chi connectivity index (χ3v) is 6.85. The number of hydrogen-bond donors (Lipinski definition) is 1. The van der Waals surface area contributed by atoms with Gasteiger partial charge in [-0.3, -0.25) is 4.40 Å². The Kier molecular flexibility index (Phi) is 8.42. The highest BCUT2D eigenvalue weighted by molar-refractivity contribution is 5.76. The van der Waals surface area contributed by atoms with Crippen molar-refractivity contribution in [2.24, 2.45) is 0 Å². The molecule has 2 aromatic carbocycles. The fraction of sp³-hybridized carbons (Fsp3) is 0.323. The van der Waals surface area contributed by atoms with Crippen LogP contribution in [0, 0.1) is 31.0 Å². The number of anilines is 2. The molecule has 0 fully saturated rings. The van der Waals surface area contributed by atoms with Crippen LogP contribution in [-0.4, -0.2) is 32.4 Å². The number of aromatic nitrogens is 3. The number of imidazole rings is 1. The lowest BCUT2D eigenvalue weighted by atomic mass is 9.99. The molecule has 4 rings (SSSR count). The first kappa shape index (κ1) is 26.9. The zero-order chi connectivity index (χ0) is 27.2. The Hall–Kier alpha value is -4.18. The molecule has 0 saturated carbocycles. The first-order chi connectivity index (χ1) is 18.4. The lowest BCUT2D eigenvalue weighted by Gasteiger charge is -2.27. The number of hydrogen-bond acceptors (Lipinski definition) is 5. The summed E-state index contributed by atoms with van der Waals surface area (Å²) in [6.07, 6.45) is 8.13. The molecule has 38 heavy (non-hydrogen) atoms. The van der Waals surface area contributed by atoms with Gasteiger partial charge in [-0.15, -0.1) is 0 Å². The maximum atomic E-state index is 15.0. The molecule has 0 unspecified atom stereocenters. The molecule has 2 aromatic heterocycles. The molecule has 0 spiro atoms. The van der Waals surface area contributed by atoms with Gasteiger partial charge in [0.05, 0.1) is 18.0 Å². The summed E-state index contributed by atoms with van der Waals surface area (Å²) >= 11 is 0. The minimum absolute atomic E-state index is 0.270. The minimum atomic E-state index is -0.270. The van der Waals surface area contributed by atoms with Crippen LogP contribution in [0.3, 0.4) is 0 Å². The van der Waals surface area contributed by atoms with Crippen molar-refractivity contribution in [1.29, 1.82) is 5.26 Å². The van der Waals surface area contributed by atoms with Gasteiger partial charge in [0.1, 0.15) is 5.82 Å². The van der Waals surface area contributed by atoms with E-state index in [4.69, 9.17) is 5.26 Å². The molecular weight excluding hydrogens is 475 g/mol. The molecule has 1 N–H and O–H groups in total. The standard InChI is InChI=1S/C31H35FN6/c1-6-16-37(17-7-2)23(5)26-13-11-25(19-21(26)3)36-30-31-35-20-28(38(31)18-15-34-30)27-12-10-24(9-8-14-33)29(32)22(27)4/h10-13,15,18-20H,5-9,16-17H2,1-4H3,(H,34,36). The maximum Gasteiger partial charge on any atom is 0.180 e. The smallest absolute Gasteiger partial charge is 0.180 e. The van der Waals surface area contributed by atoms with E-state index in [-0.39, 0.29) is 12.2 Å². The highest BCUT2D eigenvalue weighted by Gasteiger charge is 2.17. The summed E-state index contributed by atoms with van der Waals surface area (Å²) in [7, 11) is 0. The highest BCUT2D eigenvalue weighted by atomic mass is 19.1. The number of benzene rings is 2. The van der Waals surface area contributed by atoms with Crippen LogP contribution in [0.4, 0.5) is 15.9 Å². The molecule has 4 aromatic rings. The third kappa shape index (κ3) is 5.40. The molecule has 0 amide bonds. The van der Waals surface area contributed by atoms with E-state index in [0.29, 0.717) is 29.0 Å². The van der Waals surface area contributed by atoms with Gasteiger partial charge < -0.3 is 10.2 Å². The van der Waals surface area contributed by atoms with Crippen molar-refractivity contribution in [1.82, 2.24) is 19.3 Å². The second-order valence-corrected chi connectivity index (χ2v) is 9.57. The van der Waals surface area contributed by atoms with Crippen LogP contribution in [0.1, 0.15) is 55.4 Å². The van der Waals surface area contributed by atoms with E-state index >= 15 is 4.39 Å². The molecule has 2 heterocycles. The zero-order valence-electron chi connectivity index (χ0n) is 22.7. The van der Waals surface area contributed by atoms with E-state index in [1.54, 1.807) is 25.4 Å². The summed E-state index contributed by atoms with van der Waals surface area (Å²) in [5.74, 6) is 0.348. The SMILES string of the molecule is C=C(c1ccc(Nc2nccn3c(-c4ccc(CCC#N)c(F)c4C)cnc23)cc1C)N(CCC)CCC. The predicted octanol–water partition coefficient (Wildman–Crippen LogP) is 7.44. The average molecular weight is 511 g/mol. The topological polar surface area (TPSA) is 69.2 Å². The highest BCUT2D eigenvalue weighted by Crippen LogP contribution is 2.31. The third-order valence-electron chi connectivity index (χ3n) is 6.85. The molecule has 196 valence electrons. The van der Waals surface area contributed by atoms with Crippen LogP contribution in [0.2, 0.25) is 0 Å². The summed E-state index contributed by atoms with van der Waals surface area (Å²) in [4.78, 5) is 11.5. The lowest BCUT2D eigenvalue weighted by Crippen LogP contribution is -2.23. The van der Waals surface area contributed by atoms with Crippen molar-refractivity contribution in [3.63, 3.8) is 0 Å². The Bertz CT molecular complexity index is 1490. The Balaban J connectivity index is 1.62. The molecule has 6 nitrogen and oxygen atoms in total. The monoisotopic (exact) mass is 510 g/mol. The number of nitriles is 1. The van der Waals surface area contributed by atoms with Crippen LogP contribution in [0.25, 0.3) is 22.6 Å². The maximum absolute atomic E-state index is 15.0. The Morgan fingerprint density at radius 3 is 2.58 bits per heavy atom. The summed E-state index contributed by atoms with van der Waals surface area (Å²) < 4.78 is 17.0. The van der Waals surface area contributed by atoms with Crippen molar-refractivity contribution < 1.29 is 4.39 Å². The van der Waals surface area contributed by atoms with Crippen molar-refractivity contribution >= 4 is 22.8 Å². The second kappa shape index (κ2) is 11.9. The normalized spacial score (nSPS) is 10.9. The number of nitrogens with zero attached hydrogens (tertiary/aromatic N) is 5. The van der Waals surface area contributed by atoms with Crippen LogP contribution < -0.4 is 5.32 Å². The Morgan fingerprint density at radius 2 is 1.89 bits per heavy atom. The van der Waals surface area contributed by atoms with Crippen LogP contribution in [-0.2, 0) is 6.42 Å². The number of rotatable bonds is 11. The molecule has 7 heteroatoms. The number of fused-ring (bicyclic) bond motifs is 1. The van der Waals surface area contributed by atoms with E-state index < -0.39 is 0 Å². The molecule has 0 bridgehead atoms. The summed E-state index contributed by atoms with van der Waals surface area (Å²) in [5, 5.41) is 12.3. The molecule has 0 aliphatic heterocycles. The van der Waals surface area contributed by atoms with Gasteiger partial charge in [-0.25, -0.2) is 14.4 Å². The van der Waals surface area contributed by atoms with E-state index in [2.05, 4.69) is 65.7 Å². The van der Waals surface area contributed by atoms with Gasteiger partial charge in [-0.2, -0.15) is 5.26 Å². The molecule has 0 atom stereocenters. The van der Waals surface area contributed by atoms with E-state index in [0.717, 1.165) is 59.7 Å². The molecule has 0 radical (unpaired) electrons. The van der Waals surface area contributed by atoms with Crippen molar-refractivity contribution in [3.8, 4) is 17.3 Å². The zero-order valence-corrected chi connectivity index (χ0v) is 22.7. The minimum Gasteiger partial charge on any atom is -0.372 e. The fourth-order valence-corrected chi connectivity index (χ4v) is 4.90. The molecule has 0 saturated heterocycles. The quantitative estimate of drug-likeness (QED) is 0.227. The summed E-state index contributed by atoms with van der Waals surface area (Å²) in [6.45, 7) is 14.6. The van der Waals surface area contributed by atoms with Crippen LogP contribution >= 0.6 is 0 Å². The van der Waals surface area contributed by atoms with Gasteiger partial charge >= 0.3 is 0 Å². The molecular formula is C31H35FN6. The van der Waals surface area contributed by atoms with Gasteiger partial charge in [0, 0.05) is 54.4 Å². The van der Waals surface area contributed by atoms with Gasteiger partial charge in [0.15, 0.2) is 11.5 Å². The molecule has 0 aliphatic carbocycles. The first-order valence-corrected chi connectivity index (χ1v) is 13.2. The number of nitrogens with one attached hydrogen (secondary N) is 1. The van der Waals surface area contributed by atoms with Crippen LogP contribution in [0.5, 0.6) is 0 Å². The van der Waals surface area contributed by atoms with E-state index in [1.807, 2.05) is 22.7 Å². The van der Waals surface area contributed by atoms with Gasteiger partial charge in [0.25, 0.3) is 0 Å². The van der Waals surface area contributed by atoms with Gasteiger partial charge in [0.2, 0.25) is 0 Å². The number of aryl methyl sites for hydroxylation is 2. The fourth-order valence-electron chi connectivity index (χ4n) is 4.90. The van der Waals surface area contributed by atoms with Gasteiger partial charge in [-0.1, -0.05) is 38.6 Å². The number of halogens is 1. The first-order valence-electron chi connectivity index (χ1n) is 13.2. The Labute approximate surface area is 224 Å². The Morgan fingerprint density at radius 1 is 1.13 bits per heavy atom. The van der Waals surface area contributed by atoms with E-state index in [1.165, 1.54) is 0 Å². The summed E-state index contributed by atoms with van der Waals surface area (Å²) in [5.41, 5.74) is 7.53. The second-order valence-electron chi connectivity index (χ2n) is 9.57. The predicted molar refractivity (Wildman–Crippen MR) is 153 cm³/mol. The largest absolute Gasteiger partial charge is 0.372 e. The average Bonchev–Trinajstić information content (AvgIpc) is 3.34. The van der Waals surface area contributed by atoms with Crippen molar-refractivity contribution in [2.45, 2.75) is 53.4 Å². The van der Waals surface area contributed by atoms with Crippen LogP contribution in [0.15, 0.2) is 55.5 Å². The van der Waals surface area contributed by atoms with Crippen molar-refractivity contribution in [2.75, 3.05) is 18.4 Å². The van der Waals surface area contributed by atoms with E-state index in [9.17, 15) is 0 Å². The summed E-state index contributed by atoms with van der Waals surface area (Å²) in [6, 6.07) is 12.0. The lowest BCUT2D eigenvalue weighted by molar-refractivity contribution is 0.396. The molecule has 0 aliphatic rings.